The minimum atomic E-state index is -0.275. The van der Waals surface area contributed by atoms with Crippen LogP contribution in [0.4, 0.5) is 17.5 Å². The summed E-state index contributed by atoms with van der Waals surface area (Å²) in [5, 5.41) is 43.6. The summed E-state index contributed by atoms with van der Waals surface area (Å²) in [6.45, 7) is 20.1. The Balaban J connectivity index is 0.000000149. The highest BCUT2D eigenvalue weighted by Crippen LogP contribution is 2.35. The van der Waals surface area contributed by atoms with Crippen LogP contribution in [0.2, 0.25) is 15.1 Å². The van der Waals surface area contributed by atoms with Crippen LogP contribution in [0.1, 0.15) is 162 Å². The van der Waals surface area contributed by atoms with Gasteiger partial charge in [0.1, 0.15) is 39.8 Å². The van der Waals surface area contributed by atoms with Crippen molar-refractivity contribution >= 4 is 97.0 Å². The van der Waals surface area contributed by atoms with Crippen LogP contribution in [-0.4, -0.2) is 63.6 Å². The smallest absolute Gasteiger partial charge is 0.228 e. The number of aliphatic hydroxyl groups is 2. The standard InChI is InChI=1S/2C23H28ClN3O3.C16H18ClN3O/c2*1-13(2)20-11-16-9-18(24)10-17(22(16)30-20)12-27-14(3)8-21(26-27)25-23(29)15-4-6-19(28)7-5-15;1-9(2)14-7-11-5-13(17)6-12(16(11)21-14)8-20-10(3)4-15(18)19-20/h2*8-11,13,15,19,28H,4-7,12H2,1-3H3,(H,25,26,29);4-7,9H,8H2,1-3H3,(H2,18,19). The fraction of sp³-hybridized carbons (Fsp3) is 0.435. The normalized spacial score (nSPS) is 17.5. The van der Waals surface area contributed by atoms with Crippen LogP contribution in [0.3, 0.4) is 0 Å². The molecule has 6 aromatic heterocycles. The van der Waals surface area contributed by atoms with Gasteiger partial charge in [-0.25, -0.2) is 0 Å². The first kappa shape index (κ1) is 59.1. The average molecular weight is 1160 g/mol. The lowest BCUT2D eigenvalue weighted by Gasteiger charge is -2.24. The largest absolute Gasteiger partial charge is 0.460 e. The van der Waals surface area contributed by atoms with Gasteiger partial charge < -0.3 is 39.8 Å². The number of carbonyl (C=O) groups is 2. The monoisotopic (exact) mass is 1160 g/mol. The molecule has 430 valence electrons. The molecule has 0 unspecified atom stereocenters. The maximum atomic E-state index is 12.6. The van der Waals surface area contributed by atoms with E-state index in [0.29, 0.717) is 109 Å². The number of rotatable bonds is 13. The van der Waals surface area contributed by atoms with E-state index in [1.165, 1.54) is 0 Å². The Kier molecular flexibility index (Phi) is 18.4. The average Bonchev–Trinajstić information content (AvgIpc) is 4.48. The predicted molar refractivity (Wildman–Crippen MR) is 322 cm³/mol. The number of amides is 2. The molecule has 11 rings (SSSR count). The number of nitrogen functional groups attached to an aromatic ring is 1. The summed E-state index contributed by atoms with van der Waals surface area (Å²) >= 11 is 18.9. The van der Waals surface area contributed by atoms with Gasteiger partial charge in [-0.2, -0.15) is 15.3 Å². The molecule has 0 saturated heterocycles. The minimum Gasteiger partial charge on any atom is -0.460 e. The van der Waals surface area contributed by atoms with E-state index >= 15 is 0 Å². The topological polar surface area (TPSA) is 218 Å². The summed E-state index contributed by atoms with van der Waals surface area (Å²) in [6.07, 6.45) is 5.01. The molecule has 2 fully saturated rings. The molecule has 6 N–H and O–H groups in total. The summed E-state index contributed by atoms with van der Waals surface area (Å²) in [5.74, 6) is 5.17. The molecule has 0 bridgehead atoms. The van der Waals surface area contributed by atoms with Crippen molar-refractivity contribution in [2.75, 3.05) is 16.4 Å². The van der Waals surface area contributed by atoms with Crippen LogP contribution in [0, 0.1) is 32.6 Å². The number of nitrogens with zero attached hydrogens (tertiary/aromatic N) is 6. The Hall–Kier alpha value is -6.56. The van der Waals surface area contributed by atoms with Gasteiger partial charge in [-0.1, -0.05) is 76.3 Å². The van der Waals surface area contributed by atoms with Crippen molar-refractivity contribution in [2.45, 2.75) is 163 Å². The molecule has 2 saturated carbocycles. The van der Waals surface area contributed by atoms with E-state index in [-0.39, 0.29) is 47.7 Å². The molecular formula is C62H74Cl3N9O7. The van der Waals surface area contributed by atoms with E-state index in [1.807, 2.05) is 102 Å². The van der Waals surface area contributed by atoms with Crippen LogP contribution < -0.4 is 16.4 Å². The number of nitrogens with two attached hydrogens (primary N) is 1. The maximum Gasteiger partial charge on any atom is 0.228 e. The molecule has 0 spiro atoms. The number of carbonyl (C=O) groups excluding carboxylic acids is 2. The third-order valence-corrected chi connectivity index (χ3v) is 16.0. The number of aromatic nitrogens is 6. The van der Waals surface area contributed by atoms with Gasteiger partial charge in [0.25, 0.3) is 0 Å². The number of nitrogens with one attached hydrogen (secondary N) is 2. The van der Waals surface area contributed by atoms with Gasteiger partial charge in [-0.15, -0.1) is 0 Å². The number of benzene rings is 3. The molecular weight excluding hydrogens is 1090 g/mol. The number of halogens is 3. The minimum absolute atomic E-state index is 0.0238. The van der Waals surface area contributed by atoms with Crippen molar-refractivity contribution in [1.82, 2.24) is 29.3 Å². The first-order valence-electron chi connectivity index (χ1n) is 28.1. The number of aliphatic hydroxyl groups excluding tert-OH is 2. The fourth-order valence-corrected chi connectivity index (χ4v) is 11.3. The van der Waals surface area contributed by atoms with Crippen molar-refractivity contribution in [2.24, 2.45) is 11.8 Å². The lowest BCUT2D eigenvalue weighted by atomic mass is 9.87. The van der Waals surface area contributed by atoms with Gasteiger partial charge in [0, 0.05) is 113 Å². The first-order chi connectivity index (χ1) is 38.5. The Morgan fingerprint density at radius 2 is 0.815 bits per heavy atom. The summed E-state index contributed by atoms with van der Waals surface area (Å²) in [7, 11) is 0. The number of furan rings is 3. The molecule has 2 aliphatic carbocycles. The zero-order chi connectivity index (χ0) is 58.0. The van der Waals surface area contributed by atoms with E-state index in [9.17, 15) is 19.8 Å². The molecule has 9 aromatic rings. The van der Waals surface area contributed by atoms with Crippen molar-refractivity contribution in [1.29, 1.82) is 0 Å². The van der Waals surface area contributed by atoms with E-state index in [1.54, 1.807) is 0 Å². The summed E-state index contributed by atoms with van der Waals surface area (Å²) in [5.41, 5.74) is 14.1. The number of fused-ring (bicyclic) bond motifs is 3. The van der Waals surface area contributed by atoms with E-state index < -0.39 is 0 Å². The highest BCUT2D eigenvalue weighted by molar-refractivity contribution is 6.32. The van der Waals surface area contributed by atoms with E-state index in [4.69, 9.17) is 53.8 Å². The molecule has 19 heteroatoms. The molecule has 6 heterocycles. The van der Waals surface area contributed by atoms with Gasteiger partial charge >= 0.3 is 0 Å². The zero-order valence-corrected chi connectivity index (χ0v) is 49.8. The summed E-state index contributed by atoms with van der Waals surface area (Å²) < 4.78 is 23.8. The third kappa shape index (κ3) is 14.4. The molecule has 2 amide bonds. The van der Waals surface area contributed by atoms with Crippen molar-refractivity contribution < 1.29 is 33.1 Å². The van der Waals surface area contributed by atoms with Crippen molar-refractivity contribution in [3.8, 4) is 0 Å². The second-order valence-electron chi connectivity index (χ2n) is 22.9. The van der Waals surface area contributed by atoms with Gasteiger partial charge in [0.2, 0.25) is 11.8 Å². The molecule has 0 atom stereocenters. The Bertz CT molecular complexity index is 3510. The first-order valence-corrected chi connectivity index (χ1v) is 29.2. The van der Waals surface area contributed by atoms with E-state index in [2.05, 4.69) is 73.5 Å². The number of hydrogen-bond acceptors (Lipinski definition) is 11. The van der Waals surface area contributed by atoms with Crippen molar-refractivity contribution in [3.05, 3.63) is 139 Å². The maximum absolute atomic E-state index is 12.6. The lowest BCUT2D eigenvalue weighted by molar-refractivity contribution is -0.122. The summed E-state index contributed by atoms with van der Waals surface area (Å²) in [4.78, 5) is 25.1. The van der Waals surface area contributed by atoms with Crippen LogP contribution in [0.5, 0.6) is 0 Å². The second-order valence-corrected chi connectivity index (χ2v) is 24.2. The molecule has 16 nitrogen and oxygen atoms in total. The van der Waals surface area contributed by atoms with Crippen molar-refractivity contribution in [3.63, 3.8) is 0 Å². The Labute approximate surface area is 487 Å². The molecule has 2 aliphatic rings. The fourth-order valence-electron chi connectivity index (χ4n) is 10.6. The highest BCUT2D eigenvalue weighted by atomic mass is 35.5. The predicted octanol–water partition coefficient (Wildman–Crippen LogP) is 14.8. The lowest BCUT2D eigenvalue weighted by Crippen LogP contribution is -2.28. The van der Waals surface area contributed by atoms with Gasteiger partial charge in [-0.3, -0.25) is 23.6 Å². The third-order valence-electron chi connectivity index (χ3n) is 15.3. The zero-order valence-electron chi connectivity index (χ0n) is 47.6. The van der Waals surface area contributed by atoms with Crippen LogP contribution in [0.15, 0.2) is 86.0 Å². The van der Waals surface area contributed by atoms with Crippen LogP contribution in [-0.2, 0) is 29.2 Å². The number of anilines is 3. The SMILES string of the molecule is Cc1cc(N)nn1Cc1cc(Cl)cc2cc(C(C)C)oc12.Cc1cc(NC(=O)C2CCC(O)CC2)nn1Cc1cc(Cl)cc2cc(C(C)C)oc12.Cc1cc(NC(=O)C2CCC(O)CC2)nn1Cc1cc(Cl)cc2cc(C(C)C)oc12. The molecule has 0 aliphatic heterocycles. The van der Waals surface area contributed by atoms with Crippen LogP contribution in [0.25, 0.3) is 32.9 Å². The Morgan fingerprint density at radius 3 is 1.11 bits per heavy atom. The number of aryl methyl sites for hydroxylation is 3. The van der Waals surface area contributed by atoms with Gasteiger partial charge in [-0.05, 0) is 127 Å². The van der Waals surface area contributed by atoms with E-state index in [0.717, 1.165) is 84.0 Å². The second kappa shape index (κ2) is 25.3. The van der Waals surface area contributed by atoms with Gasteiger partial charge in [0.15, 0.2) is 11.6 Å². The quantitative estimate of drug-likeness (QED) is 0.0731. The molecule has 3 aromatic carbocycles. The molecule has 0 radical (unpaired) electrons. The summed E-state index contributed by atoms with van der Waals surface area (Å²) in [6, 6.07) is 23.2. The van der Waals surface area contributed by atoms with Gasteiger partial charge in [0.05, 0.1) is 31.8 Å². The van der Waals surface area contributed by atoms with Crippen LogP contribution >= 0.6 is 34.8 Å². The Morgan fingerprint density at radius 1 is 0.506 bits per heavy atom. The molecule has 81 heavy (non-hydrogen) atoms. The highest BCUT2D eigenvalue weighted by Gasteiger charge is 2.28. The number of hydrogen-bond donors (Lipinski definition) is 5.